The molecule has 1 fully saturated rings. The molecule has 0 radical (unpaired) electrons. The highest BCUT2D eigenvalue weighted by Gasteiger charge is 2.18. The molecule has 1 saturated carbocycles. The van der Waals surface area contributed by atoms with E-state index >= 15 is 0 Å². The lowest BCUT2D eigenvalue weighted by Gasteiger charge is -2.22. The third-order valence-corrected chi connectivity index (χ3v) is 5.69. The van der Waals surface area contributed by atoms with Crippen LogP contribution in [0.3, 0.4) is 0 Å². The molecule has 2 aromatic carbocycles. The molecular weight excluding hydrogens is 294 g/mol. The van der Waals surface area contributed by atoms with E-state index in [-0.39, 0.29) is 0 Å². The van der Waals surface area contributed by atoms with Gasteiger partial charge in [-0.05, 0) is 48.6 Å². The number of hydrogen-bond donors (Lipinski definition) is 1. The van der Waals surface area contributed by atoms with E-state index in [1.807, 2.05) is 30.3 Å². The Bertz CT molecular complexity index is 703. The molecule has 0 bridgehead atoms. The second-order valence-electron chi connectivity index (χ2n) is 5.88. The first-order valence-electron chi connectivity index (χ1n) is 7.83. The summed E-state index contributed by atoms with van der Waals surface area (Å²) in [7, 11) is -3.51. The van der Waals surface area contributed by atoms with Crippen LogP contribution in [0.25, 0.3) is 0 Å². The van der Waals surface area contributed by atoms with Crippen LogP contribution in [0.5, 0.6) is 0 Å². The Labute approximate surface area is 132 Å². The first kappa shape index (κ1) is 15.1. The summed E-state index contributed by atoms with van der Waals surface area (Å²) < 4.78 is 27.4. The van der Waals surface area contributed by atoms with Crippen LogP contribution in [0.4, 0.5) is 5.69 Å². The molecule has 22 heavy (non-hydrogen) atoms. The molecule has 0 amide bonds. The zero-order valence-electron chi connectivity index (χ0n) is 12.5. The average Bonchev–Trinajstić information content (AvgIpc) is 2.56. The maximum atomic E-state index is 12.4. The van der Waals surface area contributed by atoms with E-state index in [9.17, 15) is 8.42 Å². The molecule has 2 aromatic rings. The van der Waals surface area contributed by atoms with Crippen LogP contribution in [0.15, 0.2) is 59.5 Å². The summed E-state index contributed by atoms with van der Waals surface area (Å²) in [5, 5.41) is 0. The van der Waals surface area contributed by atoms with Gasteiger partial charge in [0.1, 0.15) is 0 Å². The molecule has 1 aliphatic carbocycles. The summed E-state index contributed by atoms with van der Waals surface area (Å²) in [6.07, 6.45) is 6.31. The Morgan fingerprint density at radius 3 is 2.09 bits per heavy atom. The van der Waals surface area contributed by atoms with E-state index in [4.69, 9.17) is 0 Å². The van der Waals surface area contributed by atoms with Crippen LogP contribution in [0.2, 0.25) is 0 Å². The number of sulfonamides is 1. The molecule has 0 aliphatic heterocycles. The van der Waals surface area contributed by atoms with Crippen molar-refractivity contribution < 1.29 is 8.42 Å². The highest BCUT2D eigenvalue weighted by atomic mass is 32.2. The topological polar surface area (TPSA) is 46.2 Å². The Balaban J connectivity index is 1.76. The molecule has 3 nitrogen and oxygen atoms in total. The lowest BCUT2D eigenvalue weighted by molar-refractivity contribution is 0.443. The van der Waals surface area contributed by atoms with Gasteiger partial charge in [-0.15, -0.1) is 0 Å². The number of anilines is 1. The molecule has 0 saturated heterocycles. The average molecular weight is 315 g/mol. The van der Waals surface area contributed by atoms with E-state index in [1.54, 1.807) is 24.3 Å². The summed E-state index contributed by atoms with van der Waals surface area (Å²) in [6, 6.07) is 16.3. The van der Waals surface area contributed by atoms with Gasteiger partial charge in [-0.1, -0.05) is 49.6 Å². The zero-order valence-corrected chi connectivity index (χ0v) is 13.4. The van der Waals surface area contributed by atoms with E-state index in [2.05, 4.69) is 4.72 Å². The van der Waals surface area contributed by atoms with Gasteiger partial charge in [0.05, 0.1) is 4.90 Å². The molecular formula is C18H21NO2S. The fraction of sp³-hybridized carbons (Fsp3) is 0.333. The van der Waals surface area contributed by atoms with Crippen molar-refractivity contribution in [1.82, 2.24) is 0 Å². The van der Waals surface area contributed by atoms with Crippen LogP contribution in [0, 0.1) is 0 Å². The fourth-order valence-electron chi connectivity index (χ4n) is 3.08. The Morgan fingerprint density at radius 2 is 1.45 bits per heavy atom. The summed E-state index contributed by atoms with van der Waals surface area (Å²) in [5.74, 6) is 0.590. The predicted octanol–water partition coefficient (Wildman–Crippen LogP) is 4.54. The molecule has 3 rings (SSSR count). The maximum Gasteiger partial charge on any atom is 0.261 e. The first-order chi connectivity index (χ1) is 10.6. The van der Waals surface area contributed by atoms with Crippen molar-refractivity contribution in [3.8, 4) is 0 Å². The van der Waals surface area contributed by atoms with Gasteiger partial charge in [-0.25, -0.2) is 8.42 Å². The van der Waals surface area contributed by atoms with Gasteiger partial charge >= 0.3 is 0 Å². The van der Waals surface area contributed by atoms with Crippen molar-refractivity contribution in [3.05, 3.63) is 60.2 Å². The third-order valence-electron chi connectivity index (χ3n) is 4.29. The van der Waals surface area contributed by atoms with Gasteiger partial charge in [-0.3, -0.25) is 4.72 Å². The monoisotopic (exact) mass is 315 g/mol. The molecule has 116 valence electrons. The molecule has 0 aromatic heterocycles. The normalized spacial score (nSPS) is 16.4. The van der Waals surface area contributed by atoms with Crippen LogP contribution in [-0.4, -0.2) is 8.42 Å². The minimum atomic E-state index is -3.51. The lowest BCUT2D eigenvalue weighted by atomic mass is 9.84. The molecule has 1 N–H and O–H groups in total. The molecule has 0 heterocycles. The highest BCUT2D eigenvalue weighted by molar-refractivity contribution is 7.92. The Hall–Kier alpha value is -1.81. The van der Waals surface area contributed by atoms with Crippen LogP contribution in [0.1, 0.15) is 43.6 Å². The number of hydrogen-bond acceptors (Lipinski definition) is 2. The van der Waals surface area contributed by atoms with E-state index in [0.29, 0.717) is 16.5 Å². The van der Waals surface area contributed by atoms with Gasteiger partial charge < -0.3 is 0 Å². The molecule has 4 heteroatoms. The van der Waals surface area contributed by atoms with Crippen LogP contribution >= 0.6 is 0 Å². The van der Waals surface area contributed by atoms with Crippen LogP contribution < -0.4 is 4.72 Å². The zero-order chi connectivity index (χ0) is 15.4. The van der Waals surface area contributed by atoms with Crippen molar-refractivity contribution in [3.63, 3.8) is 0 Å². The fourth-order valence-corrected chi connectivity index (χ4v) is 4.13. The van der Waals surface area contributed by atoms with E-state index in [1.165, 1.54) is 37.7 Å². The second kappa shape index (κ2) is 6.53. The smallest absolute Gasteiger partial charge is 0.261 e. The molecule has 0 atom stereocenters. The summed E-state index contributed by atoms with van der Waals surface area (Å²) >= 11 is 0. The number of para-hydroxylation sites is 1. The quantitative estimate of drug-likeness (QED) is 0.900. The second-order valence-corrected chi connectivity index (χ2v) is 7.56. The van der Waals surface area contributed by atoms with Crippen molar-refractivity contribution in [2.75, 3.05) is 4.72 Å². The van der Waals surface area contributed by atoms with E-state index in [0.717, 1.165) is 0 Å². The standard InChI is InChI=1S/C18H21NO2S/c20-22(21,19-17-9-5-2-6-10-17)18-13-11-16(12-14-18)15-7-3-1-4-8-15/h2,5-6,9-15,19H,1,3-4,7-8H2. The summed E-state index contributed by atoms with van der Waals surface area (Å²) in [5.41, 5.74) is 1.84. The van der Waals surface area contributed by atoms with Crippen molar-refractivity contribution in [2.45, 2.75) is 42.9 Å². The summed E-state index contributed by atoms with van der Waals surface area (Å²) in [6.45, 7) is 0. The first-order valence-corrected chi connectivity index (χ1v) is 9.31. The molecule has 0 unspecified atom stereocenters. The number of rotatable bonds is 4. The Kier molecular flexibility index (Phi) is 4.48. The number of nitrogens with one attached hydrogen (secondary N) is 1. The van der Waals surface area contributed by atoms with Gasteiger partial charge in [0.2, 0.25) is 0 Å². The summed E-state index contributed by atoms with van der Waals surface area (Å²) in [4.78, 5) is 0.316. The molecule has 1 aliphatic rings. The maximum absolute atomic E-state index is 12.4. The molecule has 0 spiro atoms. The van der Waals surface area contributed by atoms with Crippen molar-refractivity contribution in [1.29, 1.82) is 0 Å². The Morgan fingerprint density at radius 1 is 0.818 bits per heavy atom. The predicted molar refractivity (Wildman–Crippen MR) is 89.5 cm³/mol. The van der Waals surface area contributed by atoms with Gasteiger partial charge in [-0.2, -0.15) is 0 Å². The lowest BCUT2D eigenvalue weighted by Crippen LogP contribution is -2.13. The number of benzene rings is 2. The van der Waals surface area contributed by atoms with Crippen molar-refractivity contribution >= 4 is 15.7 Å². The van der Waals surface area contributed by atoms with E-state index < -0.39 is 10.0 Å². The SMILES string of the molecule is O=S(=O)(Nc1ccccc1)c1ccc(C2CCCCC2)cc1. The largest absolute Gasteiger partial charge is 0.280 e. The minimum Gasteiger partial charge on any atom is -0.280 e. The van der Waals surface area contributed by atoms with Gasteiger partial charge in [0, 0.05) is 5.69 Å². The minimum absolute atomic E-state index is 0.316. The van der Waals surface area contributed by atoms with Crippen LogP contribution in [-0.2, 0) is 10.0 Å². The van der Waals surface area contributed by atoms with Gasteiger partial charge in [0.25, 0.3) is 10.0 Å². The van der Waals surface area contributed by atoms with Gasteiger partial charge in [0.15, 0.2) is 0 Å². The van der Waals surface area contributed by atoms with Crippen molar-refractivity contribution in [2.24, 2.45) is 0 Å². The third kappa shape index (κ3) is 3.50. The highest BCUT2D eigenvalue weighted by Crippen LogP contribution is 2.33.